The zero-order valence-electron chi connectivity index (χ0n) is 19.6. The summed E-state index contributed by atoms with van der Waals surface area (Å²) in [6.07, 6.45) is 6.02. The minimum Gasteiger partial charge on any atom is -0.439 e. The van der Waals surface area contributed by atoms with E-state index in [9.17, 15) is 0 Å². The summed E-state index contributed by atoms with van der Waals surface area (Å²) in [4.78, 5) is 4.42. The fourth-order valence-corrected chi connectivity index (χ4v) is 3.99. The Balaban J connectivity index is 1.22. The van der Waals surface area contributed by atoms with Gasteiger partial charge in [-0.05, 0) is 67.0 Å². The lowest BCUT2D eigenvalue weighted by Gasteiger charge is -2.12. The molecular weight excluding hydrogens is 406 g/mol. The molecule has 0 aliphatic heterocycles. The van der Waals surface area contributed by atoms with Crippen LogP contribution in [0, 0.1) is 11.3 Å². The number of pyridine rings is 1. The molecule has 1 saturated carbocycles. The van der Waals surface area contributed by atoms with Crippen molar-refractivity contribution in [3.8, 4) is 11.6 Å². The average molecular weight is 440 g/mol. The Morgan fingerprint density at radius 1 is 0.970 bits per heavy atom. The standard InChI is InChI=1S/C29H33N3O/c1-21(9-8-12-23-10-6-5-7-11-23)31-24-13-16-26(17-14-24)33-28-18-15-25(20-30-28)32-22(2)27-19-29(27,3)4/h5-7,10-11,13-18,20,27,31-32H,1-2,8-9,12,19H2,3-4H3. The first-order chi connectivity index (χ1) is 15.9. The Kier molecular flexibility index (Phi) is 6.83. The summed E-state index contributed by atoms with van der Waals surface area (Å²) in [5.41, 5.74) is 5.72. The summed E-state index contributed by atoms with van der Waals surface area (Å²) in [5.74, 6) is 1.83. The molecule has 1 fully saturated rings. The van der Waals surface area contributed by atoms with Crippen molar-refractivity contribution in [1.29, 1.82) is 0 Å². The zero-order chi connectivity index (χ0) is 23.3. The second-order valence-electron chi connectivity index (χ2n) is 9.47. The average Bonchev–Trinajstić information content (AvgIpc) is 3.45. The molecule has 0 bridgehead atoms. The second-order valence-corrected chi connectivity index (χ2v) is 9.47. The SMILES string of the molecule is C=C(CCCc1ccccc1)Nc1ccc(Oc2ccc(NC(=C)C3CC3(C)C)cn2)cc1. The van der Waals surface area contributed by atoms with Crippen molar-refractivity contribution in [2.75, 3.05) is 10.6 Å². The fourth-order valence-electron chi connectivity index (χ4n) is 3.99. The molecule has 0 saturated heterocycles. The molecule has 1 aliphatic carbocycles. The maximum atomic E-state index is 5.89. The van der Waals surface area contributed by atoms with Gasteiger partial charge in [0.1, 0.15) is 5.75 Å². The van der Waals surface area contributed by atoms with Crippen LogP contribution < -0.4 is 15.4 Å². The van der Waals surface area contributed by atoms with Crippen LogP contribution in [0.2, 0.25) is 0 Å². The van der Waals surface area contributed by atoms with Crippen LogP contribution in [0.25, 0.3) is 0 Å². The molecule has 4 nitrogen and oxygen atoms in total. The molecule has 33 heavy (non-hydrogen) atoms. The van der Waals surface area contributed by atoms with Gasteiger partial charge in [0.15, 0.2) is 0 Å². The number of hydrogen-bond donors (Lipinski definition) is 2. The number of ether oxygens (including phenoxy) is 1. The van der Waals surface area contributed by atoms with Crippen molar-refractivity contribution in [3.63, 3.8) is 0 Å². The number of nitrogens with one attached hydrogen (secondary N) is 2. The van der Waals surface area contributed by atoms with Gasteiger partial charge in [-0.3, -0.25) is 0 Å². The fraction of sp³-hybridized carbons (Fsp3) is 0.276. The molecule has 2 aromatic carbocycles. The molecule has 0 radical (unpaired) electrons. The highest BCUT2D eigenvalue weighted by Gasteiger charge is 2.47. The highest BCUT2D eigenvalue weighted by Crippen LogP contribution is 2.55. The monoisotopic (exact) mass is 439 g/mol. The van der Waals surface area contributed by atoms with E-state index in [1.54, 1.807) is 6.20 Å². The molecule has 2 N–H and O–H groups in total. The molecule has 1 unspecified atom stereocenters. The van der Waals surface area contributed by atoms with E-state index < -0.39 is 0 Å². The van der Waals surface area contributed by atoms with Gasteiger partial charge in [0.25, 0.3) is 0 Å². The maximum absolute atomic E-state index is 5.89. The minimum atomic E-state index is 0.357. The van der Waals surface area contributed by atoms with Gasteiger partial charge in [0.05, 0.1) is 11.9 Å². The third-order valence-corrected chi connectivity index (χ3v) is 6.16. The lowest BCUT2D eigenvalue weighted by Crippen LogP contribution is -2.04. The first-order valence-corrected chi connectivity index (χ1v) is 11.6. The Morgan fingerprint density at radius 3 is 2.30 bits per heavy atom. The van der Waals surface area contributed by atoms with Crippen LogP contribution in [0.1, 0.15) is 38.7 Å². The predicted octanol–water partition coefficient (Wildman–Crippen LogP) is 7.79. The molecule has 4 heteroatoms. The smallest absolute Gasteiger partial charge is 0.219 e. The molecule has 4 rings (SSSR count). The Morgan fingerprint density at radius 2 is 1.67 bits per heavy atom. The van der Waals surface area contributed by atoms with E-state index in [4.69, 9.17) is 4.74 Å². The van der Waals surface area contributed by atoms with Crippen LogP contribution in [0.3, 0.4) is 0 Å². The maximum Gasteiger partial charge on any atom is 0.219 e. The van der Waals surface area contributed by atoms with E-state index in [2.05, 4.69) is 66.9 Å². The number of benzene rings is 2. The lowest BCUT2D eigenvalue weighted by molar-refractivity contribution is 0.463. The van der Waals surface area contributed by atoms with Crippen LogP contribution in [0.15, 0.2) is 97.5 Å². The van der Waals surface area contributed by atoms with Gasteiger partial charge in [0, 0.05) is 29.1 Å². The van der Waals surface area contributed by atoms with Crippen LogP contribution in [-0.4, -0.2) is 4.98 Å². The molecule has 1 aromatic heterocycles. The van der Waals surface area contributed by atoms with Crippen molar-refractivity contribution >= 4 is 11.4 Å². The third-order valence-electron chi connectivity index (χ3n) is 6.16. The number of allylic oxidation sites excluding steroid dienone is 2. The van der Waals surface area contributed by atoms with Crippen LogP contribution in [0.5, 0.6) is 11.6 Å². The van der Waals surface area contributed by atoms with E-state index >= 15 is 0 Å². The molecule has 1 heterocycles. The Bertz CT molecular complexity index is 1090. The molecule has 170 valence electrons. The van der Waals surface area contributed by atoms with Gasteiger partial charge in [-0.1, -0.05) is 57.3 Å². The summed E-state index contributed by atoms with van der Waals surface area (Å²) < 4.78 is 5.89. The van der Waals surface area contributed by atoms with Crippen molar-refractivity contribution in [2.45, 2.75) is 39.5 Å². The van der Waals surface area contributed by atoms with Gasteiger partial charge >= 0.3 is 0 Å². The van der Waals surface area contributed by atoms with Crippen LogP contribution in [0.4, 0.5) is 11.4 Å². The first kappa shape index (κ1) is 22.7. The summed E-state index contributed by atoms with van der Waals surface area (Å²) >= 11 is 0. The van der Waals surface area contributed by atoms with Crippen LogP contribution in [-0.2, 0) is 6.42 Å². The highest BCUT2D eigenvalue weighted by molar-refractivity contribution is 5.51. The first-order valence-electron chi connectivity index (χ1n) is 11.6. The van der Waals surface area contributed by atoms with E-state index in [0.29, 0.717) is 17.2 Å². The molecule has 0 spiro atoms. The van der Waals surface area contributed by atoms with Gasteiger partial charge in [-0.25, -0.2) is 4.98 Å². The van der Waals surface area contributed by atoms with Crippen molar-refractivity contribution in [3.05, 3.63) is 103 Å². The van der Waals surface area contributed by atoms with E-state index in [1.807, 2.05) is 42.5 Å². The van der Waals surface area contributed by atoms with E-state index in [-0.39, 0.29) is 0 Å². The number of hydrogen-bond acceptors (Lipinski definition) is 4. The van der Waals surface area contributed by atoms with Crippen molar-refractivity contribution in [1.82, 2.24) is 4.98 Å². The summed E-state index contributed by atoms with van der Waals surface area (Å²) in [5, 5.41) is 6.75. The quantitative estimate of drug-likeness (QED) is 0.320. The normalized spacial score (nSPS) is 16.0. The van der Waals surface area contributed by atoms with Crippen molar-refractivity contribution < 1.29 is 4.74 Å². The molecular formula is C29H33N3O. The van der Waals surface area contributed by atoms with Gasteiger partial charge in [-0.2, -0.15) is 0 Å². The highest BCUT2D eigenvalue weighted by atomic mass is 16.5. The molecule has 3 aromatic rings. The third kappa shape index (κ3) is 6.48. The molecule has 0 amide bonds. The van der Waals surface area contributed by atoms with Gasteiger partial charge < -0.3 is 15.4 Å². The second kappa shape index (κ2) is 9.95. The summed E-state index contributed by atoms with van der Waals surface area (Å²) in [7, 11) is 0. The predicted molar refractivity (Wildman–Crippen MR) is 138 cm³/mol. The van der Waals surface area contributed by atoms with E-state index in [1.165, 1.54) is 12.0 Å². The largest absolute Gasteiger partial charge is 0.439 e. The lowest BCUT2D eigenvalue weighted by atomic mass is 10.1. The van der Waals surface area contributed by atoms with Crippen LogP contribution >= 0.6 is 0 Å². The van der Waals surface area contributed by atoms with Gasteiger partial charge in [-0.15, -0.1) is 0 Å². The van der Waals surface area contributed by atoms with Gasteiger partial charge in [0.2, 0.25) is 5.88 Å². The van der Waals surface area contributed by atoms with Crippen molar-refractivity contribution in [2.24, 2.45) is 11.3 Å². The Hall–Kier alpha value is -3.53. The molecule has 1 aliphatic rings. The molecule has 1 atom stereocenters. The van der Waals surface area contributed by atoms with E-state index in [0.717, 1.165) is 47.8 Å². The number of rotatable bonds is 11. The Labute approximate surface area is 197 Å². The zero-order valence-corrected chi connectivity index (χ0v) is 19.6. The number of anilines is 2. The number of aryl methyl sites for hydroxylation is 1. The minimum absolute atomic E-state index is 0.357. The number of aromatic nitrogens is 1. The summed E-state index contributed by atoms with van der Waals surface area (Å²) in [6.45, 7) is 12.9. The summed E-state index contributed by atoms with van der Waals surface area (Å²) in [6, 6.07) is 22.2. The number of nitrogens with zero attached hydrogens (tertiary/aromatic N) is 1. The topological polar surface area (TPSA) is 46.2 Å².